The van der Waals surface area contributed by atoms with Gasteiger partial charge in [0.15, 0.2) is 12.4 Å². The molecule has 30 heavy (non-hydrogen) atoms. The maximum Gasteiger partial charge on any atom is 0.328 e. The number of carbonyl (C=O) groups is 1. The van der Waals surface area contributed by atoms with Gasteiger partial charge in [-0.3, -0.25) is 0 Å². The van der Waals surface area contributed by atoms with Crippen LogP contribution in [0.15, 0.2) is 95.4 Å². The van der Waals surface area contributed by atoms with Crippen LogP contribution in [0.2, 0.25) is 0 Å². The van der Waals surface area contributed by atoms with Gasteiger partial charge in [-0.1, -0.05) is 72.8 Å². The number of carboxylic acids is 1. The number of hydrogen-bond acceptors (Lipinski definition) is 4. The van der Waals surface area contributed by atoms with Gasteiger partial charge in [0.1, 0.15) is 11.4 Å². The first-order valence-electron chi connectivity index (χ1n) is 9.43. The predicted molar refractivity (Wildman–Crippen MR) is 115 cm³/mol. The molecule has 5 nitrogen and oxygen atoms in total. The zero-order valence-electron chi connectivity index (χ0n) is 16.1. The van der Waals surface area contributed by atoms with Crippen LogP contribution in [0.5, 0.6) is 5.75 Å². The molecule has 0 saturated heterocycles. The smallest absolute Gasteiger partial charge is 0.328 e. The van der Waals surface area contributed by atoms with Crippen LogP contribution in [0.4, 0.5) is 0 Å². The third-order valence-corrected chi connectivity index (χ3v) is 4.39. The number of benzene rings is 3. The molecule has 4 rings (SSSR count). The molecule has 0 aliphatic carbocycles. The van der Waals surface area contributed by atoms with E-state index in [9.17, 15) is 4.79 Å². The van der Waals surface area contributed by atoms with E-state index in [4.69, 9.17) is 14.3 Å². The lowest BCUT2D eigenvalue weighted by Gasteiger charge is -2.04. The van der Waals surface area contributed by atoms with Crippen molar-refractivity contribution in [3.8, 4) is 28.3 Å². The number of rotatable bonds is 7. The first-order valence-corrected chi connectivity index (χ1v) is 9.43. The van der Waals surface area contributed by atoms with Gasteiger partial charge in [0.25, 0.3) is 0 Å². The molecule has 0 amide bonds. The van der Waals surface area contributed by atoms with E-state index in [0.717, 1.165) is 28.5 Å². The van der Waals surface area contributed by atoms with Gasteiger partial charge in [0.2, 0.25) is 5.89 Å². The van der Waals surface area contributed by atoms with Crippen molar-refractivity contribution in [2.45, 2.75) is 6.61 Å². The maximum atomic E-state index is 10.7. The van der Waals surface area contributed by atoms with Crippen molar-refractivity contribution in [1.82, 2.24) is 4.98 Å². The molecule has 4 aromatic rings. The van der Waals surface area contributed by atoms with Crippen LogP contribution in [-0.4, -0.2) is 16.1 Å². The van der Waals surface area contributed by atoms with E-state index in [1.54, 1.807) is 24.3 Å². The Labute approximate surface area is 173 Å². The van der Waals surface area contributed by atoms with E-state index < -0.39 is 5.97 Å². The first-order chi connectivity index (χ1) is 14.7. The largest absolute Gasteiger partial charge is 0.484 e. The Hall–Kier alpha value is -4.12. The Morgan fingerprint density at radius 3 is 2.33 bits per heavy atom. The Morgan fingerprint density at radius 2 is 1.63 bits per heavy atom. The summed E-state index contributed by atoms with van der Waals surface area (Å²) < 4.78 is 11.9. The van der Waals surface area contributed by atoms with E-state index in [1.807, 2.05) is 60.7 Å². The summed E-state index contributed by atoms with van der Waals surface area (Å²) in [5.41, 5.74) is 3.40. The van der Waals surface area contributed by atoms with Gasteiger partial charge in [-0.05, 0) is 23.8 Å². The molecule has 0 aliphatic heterocycles. The molecule has 0 radical (unpaired) electrons. The molecular formula is C25H19NO4. The number of oxazole rings is 1. The van der Waals surface area contributed by atoms with Crippen molar-refractivity contribution in [1.29, 1.82) is 0 Å². The monoisotopic (exact) mass is 397 g/mol. The van der Waals surface area contributed by atoms with Crippen LogP contribution >= 0.6 is 0 Å². The summed E-state index contributed by atoms with van der Waals surface area (Å²) in [7, 11) is 0. The molecule has 3 aromatic carbocycles. The lowest BCUT2D eigenvalue weighted by Crippen LogP contribution is -1.96. The first kappa shape index (κ1) is 19.2. The number of ether oxygens (including phenoxy) is 1. The second kappa shape index (κ2) is 8.92. The molecule has 1 heterocycles. The molecule has 0 bridgehead atoms. The average molecular weight is 397 g/mol. The summed E-state index contributed by atoms with van der Waals surface area (Å²) >= 11 is 0. The number of aromatic nitrogens is 1. The number of nitrogens with zero attached hydrogens (tertiary/aromatic N) is 1. The van der Waals surface area contributed by atoms with E-state index in [2.05, 4.69) is 4.98 Å². The SMILES string of the molecule is O=C(O)/C=C/c1cccc(OCc2nc(-c3ccccc3)c(-c3ccccc3)o2)c1. The summed E-state index contributed by atoms with van der Waals surface area (Å²) in [6, 6.07) is 26.9. The third kappa shape index (κ3) is 4.64. The molecule has 0 saturated carbocycles. The van der Waals surface area contributed by atoms with Gasteiger partial charge in [-0.25, -0.2) is 9.78 Å². The highest BCUT2D eigenvalue weighted by atomic mass is 16.5. The van der Waals surface area contributed by atoms with Gasteiger partial charge in [-0.15, -0.1) is 0 Å². The van der Waals surface area contributed by atoms with Crippen LogP contribution in [0.1, 0.15) is 11.5 Å². The quantitative estimate of drug-likeness (QED) is 0.406. The highest BCUT2D eigenvalue weighted by molar-refractivity contribution is 5.85. The van der Waals surface area contributed by atoms with Gasteiger partial charge in [0.05, 0.1) is 0 Å². The summed E-state index contributed by atoms with van der Waals surface area (Å²) in [6.45, 7) is 0.152. The lowest BCUT2D eigenvalue weighted by atomic mass is 10.1. The fraction of sp³-hybridized carbons (Fsp3) is 0.0400. The van der Waals surface area contributed by atoms with E-state index >= 15 is 0 Å². The molecular weight excluding hydrogens is 378 g/mol. The lowest BCUT2D eigenvalue weighted by molar-refractivity contribution is -0.131. The number of carboxylic acid groups (broad SMARTS) is 1. The zero-order chi connectivity index (χ0) is 20.8. The predicted octanol–water partition coefficient (Wildman–Crippen LogP) is 5.69. The highest BCUT2D eigenvalue weighted by Gasteiger charge is 2.17. The molecule has 148 valence electrons. The summed E-state index contributed by atoms with van der Waals surface area (Å²) in [4.78, 5) is 15.4. The molecule has 0 spiro atoms. The zero-order valence-corrected chi connectivity index (χ0v) is 16.1. The summed E-state index contributed by atoms with van der Waals surface area (Å²) in [5.74, 6) is 0.754. The fourth-order valence-corrected chi connectivity index (χ4v) is 3.02. The Bertz CT molecular complexity index is 1110. The van der Waals surface area contributed by atoms with Crippen LogP contribution in [0.25, 0.3) is 28.7 Å². The minimum atomic E-state index is -0.997. The van der Waals surface area contributed by atoms with Gasteiger partial charge < -0.3 is 14.3 Å². The summed E-state index contributed by atoms with van der Waals surface area (Å²) in [6.07, 6.45) is 2.60. The van der Waals surface area contributed by atoms with E-state index in [1.165, 1.54) is 6.08 Å². The second-order valence-corrected chi connectivity index (χ2v) is 6.55. The van der Waals surface area contributed by atoms with Crippen molar-refractivity contribution in [2.75, 3.05) is 0 Å². The maximum absolute atomic E-state index is 10.7. The molecule has 5 heteroatoms. The molecule has 0 aliphatic rings. The van der Waals surface area contributed by atoms with Crippen molar-refractivity contribution in [2.24, 2.45) is 0 Å². The second-order valence-electron chi connectivity index (χ2n) is 6.55. The molecule has 0 atom stereocenters. The van der Waals surface area contributed by atoms with Gasteiger partial charge in [0, 0.05) is 17.2 Å². The van der Waals surface area contributed by atoms with Crippen molar-refractivity contribution >= 4 is 12.0 Å². The highest BCUT2D eigenvalue weighted by Crippen LogP contribution is 2.32. The third-order valence-electron chi connectivity index (χ3n) is 4.39. The normalized spacial score (nSPS) is 10.9. The van der Waals surface area contributed by atoms with Crippen LogP contribution < -0.4 is 4.74 Å². The van der Waals surface area contributed by atoms with E-state index in [-0.39, 0.29) is 6.61 Å². The molecule has 1 aromatic heterocycles. The van der Waals surface area contributed by atoms with Crippen molar-refractivity contribution in [3.05, 3.63) is 102 Å². The number of aliphatic carboxylic acids is 1. The van der Waals surface area contributed by atoms with Crippen molar-refractivity contribution in [3.63, 3.8) is 0 Å². The summed E-state index contributed by atoms with van der Waals surface area (Å²) in [5, 5.41) is 8.77. The van der Waals surface area contributed by atoms with Crippen LogP contribution in [0.3, 0.4) is 0 Å². The molecule has 1 N–H and O–H groups in total. The fourth-order valence-electron chi connectivity index (χ4n) is 3.02. The standard InChI is InChI=1S/C25H19NO4/c27-23(28)15-14-18-8-7-13-21(16-18)29-17-22-26-24(19-9-3-1-4-10-19)25(30-22)20-11-5-2-6-12-20/h1-16H,17H2,(H,27,28)/b15-14+. The topological polar surface area (TPSA) is 72.6 Å². The molecule has 0 unspecified atom stereocenters. The average Bonchev–Trinajstić information content (AvgIpc) is 3.22. The Balaban J connectivity index is 1.59. The Morgan fingerprint density at radius 1 is 0.933 bits per heavy atom. The van der Waals surface area contributed by atoms with Crippen molar-refractivity contribution < 1.29 is 19.1 Å². The minimum absolute atomic E-state index is 0.152. The van der Waals surface area contributed by atoms with Gasteiger partial charge >= 0.3 is 5.97 Å². The van der Waals surface area contributed by atoms with Crippen LogP contribution in [0, 0.1) is 0 Å². The van der Waals surface area contributed by atoms with E-state index in [0.29, 0.717) is 17.4 Å². The number of hydrogen-bond donors (Lipinski definition) is 1. The van der Waals surface area contributed by atoms with Crippen LogP contribution in [-0.2, 0) is 11.4 Å². The van der Waals surface area contributed by atoms with Gasteiger partial charge in [-0.2, -0.15) is 0 Å². The molecule has 0 fully saturated rings. The minimum Gasteiger partial charge on any atom is -0.484 e. The Kier molecular flexibility index (Phi) is 5.71.